The van der Waals surface area contributed by atoms with Gasteiger partial charge in [-0.25, -0.2) is 4.39 Å². The molecule has 0 aliphatic rings. The van der Waals surface area contributed by atoms with Crippen LogP contribution in [0, 0.1) is 31.0 Å². The summed E-state index contributed by atoms with van der Waals surface area (Å²) in [7, 11) is 0. The summed E-state index contributed by atoms with van der Waals surface area (Å²) < 4.78 is 16.9. The Balaban J connectivity index is 1.55. The van der Waals surface area contributed by atoms with Crippen LogP contribution >= 0.6 is 11.8 Å². The Hall–Kier alpha value is -3.64. The predicted octanol–water partition coefficient (Wildman–Crippen LogP) is 3.94. The van der Waals surface area contributed by atoms with E-state index in [4.69, 9.17) is 0 Å². The van der Waals surface area contributed by atoms with Crippen molar-refractivity contribution in [1.82, 2.24) is 19.2 Å². The minimum atomic E-state index is -0.312. The fraction of sp³-hybridized carbons (Fsp3) is 0.182. The molecule has 1 amide bonds. The van der Waals surface area contributed by atoms with Crippen molar-refractivity contribution in [1.29, 1.82) is 5.26 Å². The molecule has 0 bridgehead atoms. The van der Waals surface area contributed by atoms with Crippen molar-refractivity contribution in [3.8, 4) is 6.07 Å². The number of benzene rings is 1. The number of nitrogens with one attached hydrogen (secondary N) is 1. The Morgan fingerprint density at radius 2 is 1.97 bits per heavy atom. The summed E-state index contributed by atoms with van der Waals surface area (Å²) in [5, 5.41) is 21.3. The molecular weight excluding hydrogens is 415 g/mol. The Morgan fingerprint density at radius 3 is 2.71 bits per heavy atom. The van der Waals surface area contributed by atoms with E-state index < -0.39 is 0 Å². The van der Waals surface area contributed by atoms with E-state index in [0.717, 1.165) is 16.8 Å². The Kier molecular flexibility index (Phi) is 5.73. The van der Waals surface area contributed by atoms with E-state index >= 15 is 0 Å². The lowest BCUT2D eigenvalue weighted by Gasteiger charge is -2.13. The smallest absolute Gasteiger partial charge is 0.235 e. The average molecular weight is 435 g/mol. The molecule has 0 atom stereocenters. The maximum Gasteiger partial charge on any atom is 0.235 e. The van der Waals surface area contributed by atoms with Gasteiger partial charge in [-0.1, -0.05) is 30.0 Å². The highest BCUT2D eigenvalue weighted by Crippen LogP contribution is 2.28. The monoisotopic (exact) mass is 434 g/mol. The van der Waals surface area contributed by atoms with Crippen LogP contribution in [0.1, 0.15) is 22.4 Å². The molecule has 0 unspecified atom stereocenters. The number of halogens is 1. The Morgan fingerprint density at radius 1 is 1.19 bits per heavy atom. The topological polar surface area (TPSA) is 88.0 Å². The van der Waals surface area contributed by atoms with Gasteiger partial charge in [0, 0.05) is 18.4 Å². The van der Waals surface area contributed by atoms with Gasteiger partial charge < -0.3 is 9.88 Å². The van der Waals surface area contributed by atoms with Crippen LogP contribution in [0.4, 0.5) is 10.2 Å². The first-order valence-corrected chi connectivity index (χ1v) is 10.5. The third-order valence-corrected chi connectivity index (χ3v) is 6.01. The van der Waals surface area contributed by atoms with Gasteiger partial charge in [0.1, 0.15) is 17.7 Å². The molecule has 3 aromatic heterocycles. The van der Waals surface area contributed by atoms with Crippen molar-refractivity contribution in [2.45, 2.75) is 25.5 Å². The molecule has 0 radical (unpaired) electrons. The third-order valence-electron chi connectivity index (χ3n) is 5.07. The van der Waals surface area contributed by atoms with Crippen molar-refractivity contribution in [3.63, 3.8) is 0 Å². The number of thioether (sulfide) groups is 1. The number of aromatic nitrogens is 4. The average Bonchev–Trinajstić information content (AvgIpc) is 3.28. The lowest BCUT2D eigenvalue weighted by atomic mass is 10.2. The first-order valence-electron chi connectivity index (χ1n) is 9.54. The molecule has 1 aromatic carbocycles. The summed E-state index contributed by atoms with van der Waals surface area (Å²) in [6.07, 6.45) is 1.84. The van der Waals surface area contributed by atoms with E-state index in [1.165, 1.54) is 23.9 Å². The highest BCUT2D eigenvalue weighted by atomic mass is 32.2. The fourth-order valence-electron chi connectivity index (χ4n) is 3.32. The van der Waals surface area contributed by atoms with Gasteiger partial charge in [0.15, 0.2) is 10.8 Å². The van der Waals surface area contributed by atoms with Crippen LogP contribution in [-0.4, -0.2) is 30.8 Å². The summed E-state index contributed by atoms with van der Waals surface area (Å²) in [4.78, 5) is 12.7. The Bertz CT molecular complexity index is 1300. The van der Waals surface area contributed by atoms with Crippen LogP contribution in [0.2, 0.25) is 0 Å². The molecule has 1 N–H and O–H groups in total. The van der Waals surface area contributed by atoms with Crippen molar-refractivity contribution in [2.75, 3.05) is 11.1 Å². The molecular formula is C22H19FN6OS. The van der Waals surface area contributed by atoms with Crippen LogP contribution in [0.5, 0.6) is 0 Å². The molecule has 9 heteroatoms. The molecule has 4 rings (SSSR count). The highest BCUT2D eigenvalue weighted by molar-refractivity contribution is 7.99. The molecule has 31 heavy (non-hydrogen) atoms. The van der Waals surface area contributed by atoms with Gasteiger partial charge in [-0.2, -0.15) is 5.26 Å². The summed E-state index contributed by atoms with van der Waals surface area (Å²) in [6.45, 7) is 4.15. The van der Waals surface area contributed by atoms with Crippen LogP contribution in [-0.2, 0) is 11.3 Å². The minimum absolute atomic E-state index is 0.111. The highest BCUT2D eigenvalue weighted by Gasteiger charge is 2.20. The van der Waals surface area contributed by atoms with E-state index in [1.807, 2.05) is 47.2 Å². The summed E-state index contributed by atoms with van der Waals surface area (Å²) in [5.74, 6) is -0.0144. The minimum Gasteiger partial charge on any atom is -0.326 e. The van der Waals surface area contributed by atoms with Gasteiger partial charge in [-0.05, 0) is 49.2 Å². The number of rotatable bonds is 6. The van der Waals surface area contributed by atoms with Crippen LogP contribution in [0.3, 0.4) is 0 Å². The number of hydrogen-bond donors (Lipinski definition) is 1. The quantitative estimate of drug-likeness (QED) is 0.465. The Labute approximate surface area is 182 Å². The largest absolute Gasteiger partial charge is 0.326 e. The van der Waals surface area contributed by atoms with Crippen molar-refractivity contribution in [3.05, 3.63) is 76.9 Å². The maximum atomic E-state index is 13.3. The van der Waals surface area contributed by atoms with Gasteiger partial charge >= 0.3 is 0 Å². The zero-order valence-electron chi connectivity index (χ0n) is 17.0. The molecule has 7 nitrogen and oxygen atoms in total. The van der Waals surface area contributed by atoms with Gasteiger partial charge in [-0.15, -0.1) is 10.2 Å². The summed E-state index contributed by atoms with van der Waals surface area (Å²) in [5.41, 5.74) is 3.66. The summed E-state index contributed by atoms with van der Waals surface area (Å²) in [6, 6.07) is 13.9. The number of carbonyl (C=O) groups is 1. The zero-order chi connectivity index (χ0) is 22.0. The van der Waals surface area contributed by atoms with Crippen molar-refractivity contribution < 1.29 is 9.18 Å². The standard InChI is InChI=1S/C22H19FN6OS/c1-14-15(2)29(12-16-6-8-17(23)9-7-16)21(18(14)11-24)25-20(30)13-31-22-27-26-19-5-3-4-10-28(19)22/h3-10H,12-13H2,1-2H3,(H,25,30). The number of fused-ring (bicyclic) bond motifs is 1. The third kappa shape index (κ3) is 4.15. The number of carbonyl (C=O) groups excluding carboxylic acids is 1. The molecule has 0 aliphatic carbocycles. The predicted molar refractivity (Wildman–Crippen MR) is 116 cm³/mol. The number of nitrogens with zero attached hydrogens (tertiary/aromatic N) is 5. The zero-order valence-corrected chi connectivity index (χ0v) is 17.8. The van der Waals surface area contributed by atoms with Crippen molar-refractivity contribution >= 4 is 29.1 Å². The number of anilines is 1. The van der Waals surface area contributed by atoms with Gasteiger partial charge in [0.05, 0.1) is 11.3 Å². The molecule has 0 fully saturated rings. The lowest BCUT2D eigenvalue weighted by Crippen LogP contribution is -2.18. The van der Waals surface area contributed by atoms with Crippen molar-refractivity contribution in [2.24, 2.45) is 0 Å². The SMILES string of the molecule is Cc1c(C#N)c(NC(=O)CSc2nnc3ccccn23)n(Cc2ccc(F)cc2)c1C. The molecule has 4 aromatic rings. The second-order valence-electron chi connectivity index (χ2n) is 7.01. The number of hydrogen-bond acceptors (Lipinski definition) is 5. The lowest BCUT2D eigenvalue weighted by molar-refractivity contribution is -0.113. The summed E-state index contributed by atoms with van der Waals surface area (Å²) >= 11 is 1.26. The molecule has 0 spiro atoms. The molecule has 3 heterocycles. The first-order chi connectivity index (χ1) is 15.0. The number of amides is 1. The van der Waals surface area contributed by atoms with Crippen LogP contribution in [0.15, 0.2) is 53.8 Å². The van der Waals surface area contributed by atoms with Gasteiger partial charge in [0.25, 0.3) is 0 Å². The van der Waals surface area contributed by atoms with E-state index in [2.05, 4.69) is 21.6 Å². The molecule has 0 saturated carbocycles. The fourth-order valence-corrected chi connectivity index (χ4v) is 4.04. The second-order valence-corrected chi connectivity index (χ2v) is 7.95. The first kappa shape index (κ1) is 20.6. The molecule has 0 aliphatic heterocycles. The van der Waals surface area contributed by atoms with Gasteiger partial charge in [-0.3, -0.25) is 9.20 Å². The van der Waals surface area contributed by atoms with Crippen LogP contribution < -0.4 is 5.32 Å². The van der Waals surface area contributed by atoms with E-state index in [9.17, 15) is 14.4 Å². The normalized spacial score (nSPS) is 10.9. The number of nitriles is 1. The van der Waals surface area contributed by atoms with Gasteiger partial charge in [0.2, 0.25) is 5.91 Å². The van der Waals surface area contributed by atoms with Crippen LogP contribution in [0.25, 0.3) is 5.65 Å². The molecule has 0 saturated heterocycles. The second kappa shape index (κ2) is 8.62. The van der Waals surface area contributed by atoms with E-state index in [0.29, 0.717) is 28.7 Å². The number of pyridine rings is 1. The van der Waals surface area contributed by atoms with E-state index in [1.54, 1.807) is 12.1 Å². The van der Waals surface area contributed by atoms with E-state index in [-0.39, 0.29) is 17.5 Å². The molecule has 156 valence electrons. The maximum absolute atomic E-state index is 13.3.